The normalized spacial score (nSPS) is 14.0. The number of aliphatic hydroxyl groups is 1. The summed E-state index contributed by atoms with van der Waals surface area (Å²) >= 11 is 6.44. The summed E-state index contributed by atoms with van der Waals surface area (Å²) in [6, 6.07) is 6.62. The molecule has 32 heavy (non-hydrogen) atoms. The van der Waals surface area contributed by atoms with Gasteiger partial charge in [0.1, 0.15) is 19.1 Å². The van der Waals surface area contributed by atoms with Crippen LogP contribution in [0.25, 0.3) is 11.5 Å². The minimum absolute atomic E-state index is 0.183. The third-order valence-corrected chi connectivity index (χ3v) is 5.56. The lowest BCUT2D eigenvalue weighted by molar-refractivity contribution is 0.208. The van der Waals surface area contributed by atoms with Crippen LogP contribution in [0, 0.1) is 6.92 Å². The maximum atomic E-state index is 12.9. The highest BCUT2D eigenvalue weighted by Gasteiger charge is 2.24. The van der Waals surface area contributed by atoms with Crippen molar-refractivity contribution in [3.8, 4) is 11.5 Å². The van der Waals surface area contributed by atoms with Crippen molar-refractivity contribution >= 4 is 29.1 Å². The zero-order valence-electron chi connectivity index (χ0n) is 17.4. The summed E-state index contributed by atoms with van der Waals surface area (Å²) < 4.78 is 18.0. The van der Waals surface area contributed by atoms with Crippen LogP contribution in [-0.4, -0.2) is 57.3 Å². The Morgan fingerprint density at radius 3 is 2.69 bits per heavy atom. The van der Waals surface area contributed by atoms with Crippen molar-refractivity contribution in [2.75, 3.05) is 36.4 Å². The Hall–Kier alpha value is -3.24. The van der Waals surface area contributed by atoms with E-state index >= 15 is 0 Å². The lowest BCUT2D eigenvalue weighted by Crippen LogP contribution is -2.50. The second-order valence-corrected chi connectivity index (χ2v) is 7.79. The van der Waals surface area contributed by atoms with Crippen LogP contribution in [0.15, 0.2) is 35.0 Å². The lowest BCUT2D eigenvalue weighted by atomic mass is 10.1. The van der Waals surface area contributed by atoms with E-state index in [0.29, 0.717) is 53.8 Å². The van der Waals surface area contributed by atoms with Crippen LogP contribution < -0.4 is 10.2 Å². The second-order valence-electron chi connectivity index (χ2n) is 7.38. The van der Waals surface area contributed by atoms with Crippen molar-refractivity contribution in [1.82, 2.24) is 20.0 Å². The molecule has 0 atom stereocenters. The highest BCUT2D eigenvalue weighted by Crippen LogP contribution is 2.29. The second kappa shape index (κ2) is 9.49. The van der Waals surface area contributed by atoms with Gasteiger partial charge in [-0.15, -0.1) is 0 Å². The average Bonchev–Trinajstić information content (AvgIpc) is 3.29. The van der Waals surface area contributed by atoms with Crippen LogP contribution in [0.5, 0.6) is 0 Å². The van der Waals surface area contributed by atoms with Crippen molar-refractivity contribution in [2.45, 2.75) is 20.2 Å². The summed E-state index contributed by atoms with van der Waals surface area (Å²) in [6.45, 7) is 3.09. The molecule has 2 amide bonds. The summed E-state index contributed by atoms with van der Waals surface area (Å²) in [6.07, 6.45) is 1.58. The number of halogens is 2. The molecule has 4 rings (SSSR count). The standard InChI is InChI=1S/C21H22ClFN6O3/c1-13-8-16(3-2-14(13)10-23)25-21(31)29-6-4-28(5-7-29)19-17(22)9-15(11-24-19)20-26-18(12-30)27-32-20/h2-3,8-9,11,30H,4-7,10,12H2,1H3,(H,25,31). The quantitative estimate of drug-likeness (QED) is 0.600. The Labute approximate surface area is 188 Å². The molecular weight excluding hydrogens is 439 g/mol. The van der Waals surface area contributed by atoms with Crippen LogP contribution >= 0.6 is 11.6 Å². The van der Waals surface area contributed by atoms with E-state index < -0.39 is 6.67 Å². The minimum Gasteiger partial charge on any atom is -0.388 e. The van der Waals surface area contributed by atoms with Gasteiger partial charge in [-0.3, -0.25) is 0 Å². The van der Waals surface area contributed by atoms with Crippen LogP contribution in [0.2, 0.25) is 5.02 Å². The number of pyridine rings is 1. The predicted molar refractivity (Wildman–Crippen MR) is 117 cm³/mol. The van der Waals surface area contributed by atoms with Gasteiger partial charge < -0.3 is 24.7 Å². The van der Waals surface area contributed by atoms with Gasteiger partial charge in [-0.25, -0.2) is 14.2 Å². The van der Waals surface area contributed by atoms with Crippen molar-refractivity contribution in [3.05, 3.63) is 52.4 Å². The molecule has 0 spiro atoms. The number of anilines is 2. The number of hydrogen-bond donors (Lipinski definition) is 2. The van der Waals surface area contributed by atoms with E-state index in [1.165, 1.54) is 0 Å². The van der Waals surface area contributed by atoms with Crippen molar-refractivity contribution in [1.29, 1.82) is 0 Å². The number of piperazine rings is 1. The molecule has 0 aliphatic carbocycles. The molecule has 0 saturated carbocycles. The molecule has 168 valence electrons. The van der Waals surface area contributed by atoms with E-state index in [4.69, 9.17) is 21.2 Å². The molecule has 1 aromatic carbocycles. The van der Waals surface area contributed by atoms with Gasteiger partial charge in [0, 0.05) is 38.1 Å². The SMILES string of the molecule is Cc1cc(NC(=O)N2CCN(c3ncc(-c4nc(CO)no4)cc3Cl)CC2)ccc1CF. The van der Waals surface area contributed by atoms with Crippen molar-refractivity contribution in [3.63, 3.8) is 0 Å². The number of carbonyl (C=O) groups is 1. The molecule has 1 fully saturated rings. The van der Waals surface area contributed by atoms with Gasteiger partial charge in [-0.05, 0) is 36.2 Å². The van der Waals surface area contributed by atoms with Gasteiger partial charge >= 0.3 is 6.03 Å². The van der Waals surface area contributed by atoms with E-state index in [1.54, 1.807) is 35.4 Å². The molecule has 0 unspecified atom stereocenters. The molecule has 0 radical (unpaired) electrons. The smallest absolute Gasteiger partial charge is 0.321 e. The highest BCUT2D eigenvalue weighted by molar-refractivity contribution is 6.33. The fourth-order valence-electron chi connectivity index (χ4n) is 3.46. The molecule has 11 heteroatoms. The number of amides is 2. The number of alkyl halides is 1. The van der Waals surface area contributed by atoms with Gasteiger partial charge in [-0.1, -0.05) is 22.8 Å². The van der Waals surface area contributed by atoms with Gasteiger partial charge in [0.2, 0.25) is 0 Å². The molecule has 2 N–H and O–H groups in total. The topological polar surface area (TPSA) is 108 Å². The van der Waals surface area contributed by atoms with Crippen LogP contribution in [0.1, 0.15) is 17.0 Å². The monoisotopic (exact) mass is 460 g/mol. The zero-order chi connectivity index (χ0) is 22.7. The van der Waals surface area contributed by atoms with E-state index in [9.17, 15) is 9.18 Å². The maximum absolute atomic E-state index is 12.9. The number of rotatable bonds is 5. The minimum atomic E-state index is -0.530. The zero-order valence-corrected chi connectivity index (χ0v) is 18.1. The number of aliphatic hydroxyl groups excluding tert-OH is 1. The molecule has 0 bridgehead atoms. The van der Waals surface area contributed by atoms with Gasteiger partial charge in [0.15, 0.2) is 5.82 Å². The van der Waals surface area contributed by atoms with Gasteiger partial charge in [0.25, 0.3) is 5.89 Å². The molecule has 2 aromatic heterocycles. The number of aryl methyl sites for hydroxylation is 1. The molecule has 3 heterocycles. The predicted octanol–water partition coefficient (Wildman–Crippen LogP) is 3.41. The van der Waals surface area contributed by atoms with Crippen LogP contribution in [0.3, 0.4) is 0 Å². The Bertz CT molecular complexity index is 1120. The molecule has 1 saturated heterocycles. The fraction of sp³-hybridized carbons (Fsp3) is 0.333. The Kier molecular flexibility index (Phi) is 6.52. The first-order chi connectivity index (χ1) is 15.5. The largest absolute Gasteiger partial charge is 0.388 e. The molecule has 9 nitrogen and oxygen atoms in total. The van der Waals surface area contributed by atoms with E-state index in [2.05, 4.69) is 20.4 Å². The first-order valence-electron chi connectivity index (χ1n) is 10.0. The number of carbonyl (C=O) groups excluding carboxylic acids is 1. The third kappa shape index (κ3) is 4.66. The van der Waals surface area contributed by atoms with Crippen molar-refractivity contribution < 1.29 is 18.8 Å². The fourth-order valence-corrected chi connectivity index (χ4v) is 3.75. The number of urea groups is 1. The average molecular weight is 461 g/mol. The van der Waals surface area contributed by atoms with Gasteiger partial charge in [0.05, 0.1) is 10.6 Å². The molecule has 3 aromatic rings. The van der Waals surface area contributed by atoms with Gasteiger partial charge in [-0.2, -0.15) is 4.98 Å². The maximum Gasteiger partial charge on any atom is 0.321 e. The number of hydrogen-bond acceptors (Lipinski definition) is 7. The summed E-state index contributed by atoms with van der Waals surface area (Å²) in [5, 5.41) is 16.0. The highest BCUT2D eigenvalue weighted by atomic mass is 35.5. The summed E-state index contributed by atoms with van der Waals surface area (Å²) in [5.41, 5.74) is 2.60. The Morgan fingerprint density at radius 2 is 2.06 bits per heavy atom. The lowest BCUT2D eigenvalue weighted by Gasteiger charge is -2.35. The molecular formula is C21H22ClFN6O3. The first kappa shape index (κ1) is 22.0. The Balaban J connectivity index is 1.37. The van der Waals surface area contributed by atoms with Crippen LogP contribution in [-0.2, 0) is 13.3 Å². The van der Waals surface area contributed by atoms with E-state index in [1.807, 2.05) is 11.8 Å². The van der Waals surface area contributed by atoms with Crippen LogP contribution in [0.4, 0.5) is 20.7 Å². The number of nitrogens with one attached hydrogen (secondary N) is 1. The number of benzene rings is 1. The summed E-state index contributed by atoms with van der Waals surface area (Å²) in [5.74, 6) is 1.02. The number of nitrogens with zero attached hydrogens (tertiary/aromatic N) is 5. The molecule has 1 aliphatic rings. The first-order valence-corrected chi connectivity index (χ1v) is 10.4. The number of aromatic nitrogens is 3. The van der Waals surface area contributed by atoms with E-state index in [-0.39, 0.29) is 24.4 Å². The Morgan fingerprint density at radius 1 is 1.28 bits per heavy atom. The molecule has 1 aliphatic heterocycles. The van der Waals surface area contributed by atoms with E-state index in [0.717, 1.165) is 5.56 Å². The third-order valence-electron chi connectivity index (χ3n) is 5.28. The summed E-state index contributed by atoms with van der Waals surface area (Å²) in [7, 11) is 0. The summed E-state index contributed by atoms with van der Waals surface area (Å²) in [4.78, 5) is 24.8. The van der Waals surface area contributed by atoms with Crippen molar-refractivity contribution in [2.24, 2.45) is 0 Å².